The highest BCUT2D eigenvalue weighted by atomic mass is 35.5. The molecule has 18 heavy (non-hydrogen) atoms. The lowest BCUT2D eigenvalue weighted by Gasteiger charge is -2.24. The number of hydrogen-bond donors (Lipinski definition) is 1. The molecule has 0 amide bonds. The first-order chi connectivity index (χ1) is 8.44. The molecule has 0 spiro atoms. The average Bonchev–Trinajstić information content (AvgIpc) is 2.31. The van der Waals surface area contributed by atoms with Gasteiger partial charge in [0.25, 0.3) is 0 Å². The fourth-order valence-corrected chi connectivity index (χ4v) is 2.17. The molecule has 0 fully saturated rings. The van der Waals surface area contributed by atoms with Crippen molar-refractivity contribution in [3.05, 3.63) is 34.6 Å². The minimum atomic E-state index is -0.252. The van der Waals surface area contributed by atoms with Crippen LogP contribution < -0.4 is 5.32 Å². The Morgan fingerprint density at radius 3 is 2.72 bits per heavy atom. The van der Waals surface area contributed by atoms with Gasteiger partial charge in [0.05, 0.1) is 0 Å². The molecule has 1 nitrogen and oxygen atoms in total. The van der Waals surface area contributed by atoms with Crippen LogP contribution in [-0.4, -0.2) is 12.4 Å². The number of rotatable bonds is 7. The van der Waals surface area contributed by atoms with E-state index in [-0.39, 0.29) is 11.2 Å². The van der Waals surface area contributed by atoms with Gasteiger partial charge in [0.15, 0.2) is 0 Å². The van der Waals surface area contributed by atoms with Gasteiger partial charge < -0.3 is 5.32 Å². The smallest absolute Gasteiger partial charge is 0.123 e. The van der Waals surface area contributed by atoms with Crippen LogP contribution in [-0.2, 0) is 6.54 Å². The van der Waals surface area contributed by atoms with Crippen LogP contribution in [0.25, 0.3) is 0 Å². The summed E-state index contributed by atoms with van der Waals surface area (Å²) in [5.41, 5.74) is 0.985. The molecule has 0 unspecified atom stereocenters. The Balaban J connectivity index is 2.43. The summed E-state index contributed by atoms with van der Waals surface area (Å²) in [5.74, 6) is 0.441. The van der Waals surface area contributed by atoms with Crippen molar-refractivity contribution in [2.75, 3.05) is 12.4 Å². The van der Waals surface area contributed by atoms with Crippen LogP contribution in [0.1, 0.15) is 32.3 Å². The summed E-state index contributed by atoms with van der Waals surface area (Å²) in [7, 11) is 0. The van der Waals surface area contributed by atoms with E-state index < -0.39 is 0 Å². The first-order valence-electron chi connectivity index (χ1n) is 6.15. The Hall–Kier alpha value is -0.310. The van der Waals surface area contributed by atoms with Crippen molar-refractivity contribution in [3.8, 4) is 0 Å². The van der Waals surface area contributed by atoms with Crippen LogP contribution in [0, 0.1) is 11.2 Å². The largest absolute Gasteiger partial charge is 0.312 e. The normalized spacial score (nSPS) is 11.8. The molecule has 0 atom stereocenters. The van der Waals surface area contributed by atoms with E-state index in [9.17, 15) is 4.39 Å². The average molecular weight is 292 g/mol. The van der Waals surface area contributed by atoms with Crippen molar-refractivity contribution in [3.63, 3.8) is 0 Å². The van der Waals surface area contributed by atoms with Crippen LogP contribution in [0.4, 0.5) is 4.39 Å². The number of nitrogens with one attached hydrogen (secondary N) is 1. The SMILES string of the molecule is CC(C)(CCCCl)CNCc1cc(F)ccc1Cl. The predicted molar refractivity (Wildman–Crippen MR) is 76.9 cm³/mol. The molecule has 1 aromatic carbocycles. The lowest BCUT2D eigenvalue weighted by atomic mass is 9.88. The summed E-state index contributed by atoms with van der Waals surface area (Å²) < 4.78 is 13.1. The summed E-state index contributed by atoms with van der Waals surface area (Å²) in [6.45, 7) is 5.83. The Bertz CT molecular complexity index is 380. The standard InChI is InChI=1S/C14H20Cl2FN/c1-14(2,6-3-7-15)10-18-9-11-8-12(17)4-5-13(11)16/h4-5,8,18H,3,6-7,9-10H2,1-2H3. The second kappa shape index (κ2) is 7.32. The monoisotopic (exact) mass is 291 g/mol. The highest BCUT2D eigenvalue weighted by Gasteiger charge is 2.16. The van der Waals surface area contributed by atoms with E-state index in [4.69, 9.17) is 23.2 Å². The molecule has 1 N–H and O–H groups in total. The topological polar surface area (TPSA) is 12.0 Å². The van der Waals surface area contributed by atoms with Gasteiger partial charge in [-0.1, -0.05) is 25.4 Å². The molecule has 4 heteroatoms. The van der Waals surface area contributed by atoms with Crippen molar-refractivity contribution >= 4 is 23.2 Å². The van der Waals surface area contributed by atoms with Gasteiger partial charge in [-0.05, 0) is 42.0 Å². The summed E-state index contributed by atoms with van der Waals surface area (Å²) in [5, 5.41) is 3.92. The summed E-state index contributed by atoms with van der Waals surface area (Å²) in [4.78, 5) is 0. The maximum atomic E-state index is 13.1. The van der Waals surface area contributed by atoms with Crippen LogP contribution in [0.5, 0.6) is 0 Å². The quantitative estimate of drug-likeness (QED) is 0.723. The Labute approximate surface area is 119 Å². The molecule has 1 aromatic rings. The number of benzene rings is 1. The molecule has 0 radical (unpaired) electrons. The zero-order valence-corrected chi connectivity index (χ0v) is 12.4. The first-order valence-corrected chi connectivity index (χ1v) is 7.06. The summed E-state index contributed by atoms with van der Waals surface area (Å²) in [6, 6.07) is 4.43. The van der Waals surface area contributed by atoms with Crippen molar-refractivity contribution in [2.45, 2.75) is 33.2 Å². The van der Waals surface area contributed by atoms with E-state index in [1.807, 2.05) is 0 Å². The molecule has 0 saturated carbocycles. The van der Waals surface area contributed by atoms with Gasteiger partial charge in [-0.2, -0.15) is 0 Å². The van der Waals surface area contributed by atoms with Crippen molar-refractivity contribution in [2.24, 2.45) is 5.41 Å². The first kappa shape index (κ1) is 15.7. The molecule has 102 valence electrons. The number of hydrogen-bond acceptors (Lipinski definition) is 1. The van der Waals surface area contributed by atoms with E-state index in [2.05, 4.69) is 19.2 Å². The van der Waals surface area contributed by atoms with E-state index in [0.29, 0.717) is 17.4 Å². The molecule has 0 aromatic heterocycles. The molecule has 0 aliphatic heterocycles. The van der Waals surface area contributed by atoms with Crippen LogP contribution in [0.3, 0.4) is 0 Å². The predicted octanol–water partition coefficient (Wildman–Crippen LogP) is 4.61. The van der Waals surface area contributed by atoms with Gasteiger partial charge in [0.1, 0.15) is 5.82 Å². The van der Waals surface area contributed by atoms with Gasteiger partial charge in [0.2, 0.25) is 0 Å². The van der Waals surface area contributed by atoms with Crippen molar-refractivity contribution in [1.29, 1.82) is 0 Å². The molecule has 0 saturated heterocycles. The van der Waals surface area contributed by atoms with E-state index >= 15 is 0 Å². The molecule has 0 aliphatic rings. The minimum absolute atomic E-state index is 0.189. The van der Waals surface area contributed by atoms with Gasteiger partial charge in [0, 0.05) is 24.0 Å². The Morgan fingerprint density at radius 2 is 2.06 bits per heavy atom. The Morgan fingerprint density at radius 1 is 1.33 bits per heavy atom. The molecular weight excluding hydrogens is 272 g/mol. The maximum absolute atomic E-state index is 13.1. The van der Waals surface area contributed by atoms with Gasteiger partial charge in [-0.3, -0.25) is 0 Å². The second-order valence-corrected chi connectivity index (χ2v) is 6.08. The second-order valence-electron chi connectivity index (χ2n) is 5.30. The molecule has 0 heterocycles. The van der Waals surface area contributed by atoms with E-state index in [0.717, 1.165) is 24.9 Å². The molecule has 0 bridgehead atoms. The fraction of sp³-hybridized carbons (Fsp3) is 0.571. The third-order valence-electron chi connectivity index (χ3n) is 2.91. The highest BCUT2D eigenvalue weighted by molar-refractivity contribution is 6.31. The third-order valence-corrected chi connectivity index (χ3v) is 3.55. The van der Waals surface area contributed by atoms with Gasteiger partial charge >= 0.3 is 0 Å². The van der Waals surface area contributed by atoms with E-state index in [1.165, 1.54) is 12.1 Å². The zero-order chi connectivity index (χ0) is 13.6. The van der Waals surface area contributed by atoms with E-state index in [1.54, 1.807) is 6.07 Å². The zero-order valence-electron chi connectivity index (χ0n) is 10.9. The summed E-state index contributed by atoms with van der Waals surface area (Å²) in [6.07, 6.45) is 2.08. The maximum Gasteiger partial charge on any atom is 0.123 e. The van der Waals surface area contributed by atoms with Crippen LogP contribution >= 0.6 is 23.2 Å². The van der Waals surface area contributed by atoms with Gasteiger partial charge in [-0.25, -0.2) is 4.39 Å². The highest BCUT2D eigenvalue weighted by Crippen LogP contribution is 2.22. The summed E-state index contributed by atoms with van der Waals surface area (Å²) >= 11 is 11.7. The third kappa shape index (κ3) is 5.55. The molecule has 1 rings (SSSR count). The lowest BCUT2D eigenvalue weighted by Crippen LogP contribution is -2.29. The Kier molecular flexibility index (Phi) is 6.40. The van der Waals surface area contributed by atoms with Crippen molar-refractivity contribution < 1.29 is 4.39 Å². The number of alkyl halides is 1. The fourth-order valence-electron chi connectivity index (χ4n) is 1.85. The van der Waals surface area contributed by atoms with Gasteiger partial charge in [-0.15, -0.1) is 11.6 Å². The van der Waals surface area contributed by atoms with Crippen molar-refractivity contribution in [1.82, 2.24) is 5.32 Å². The van der Waals surface area contributed by atoms with Crippen LogP contribution in [0.2, 0.25) is 5.02 Å². The minimum Gasteiger partial charge on any atom is -0.312 e. The number of halogens is 3. The molecular formula is C14H20Cl2FN. The lowest BCUT2D eigenvalue weighted by molar-refractivity contribution is 0.311. The molecule has 0 aliphatic carbocycles. The van der Waals surface area contributed by atoms with Crippen LogP contribution in [0.15, 0.2) is 18.2 Å².